The summed E-state index contributed by atoms with van der Waals surface area (Å²) in [7, 11) is 4.15. The predicted molar refractivity (Wildman–Crippen MR) is 112 cm³/mol. The molecule has 4 heterocycles. The SMILES string of the molecule is CN(C)C1CCN(C(=O)c2cnn(-c3nccc(-c4cccs4)n3)c2C2CC2)C1. The first-order valence-corrected chi connectivity index (χ1v) is 10.9. The Balaban J connectivity index is 1.48. The van der Waals surface area contributed by atoms with Crippen LogP contribution in [0.2, 0.25) is 0 Å². The number of nitrogens with zero attached hydrogens (tertiary/aromatic N) is 6. The quantitative estimate of drug-likeness (QED) is 0.649. The van der Waals surface area contributed by atoms with E-state index in [0.29, 0.717) is 23.5 Å². The van der Waals surface area contributed by atoms with Crippen LogP contribution in [-0.4, -0.2) is 68.7 Å². The zero-order valence-corrected chi connectivity index (χ0v) is 17.5. The Bertz CT molecular complexity index is 1020. The van der Waals surface area contributed by atoms with Crippen molar-refractivity contribution in [1.82, 2.24) is 29.5 Å². The Labute approximate surface area is 174 Å². The summed E-state index contributed by atoms with van der Waals surface area (Å²) in [6.07, 6.45) is 6.64. The van der Waals surface area contributed by atoms with Gasteiger partial charge in [-0.05, 0) is 50.9 Å². The average molecular weight is 409 g/mol. The largest absolute Gasteiger partial charge is 0.337 e. The van der Waals surface area contributed by atoms with Crippen molar-refractivity contribution in [3.05, 3.63) is 47.2 Å². The number of likely N-dealkylation sites (tertiary alicyclic amines) is 1. The van der Waals surface area contributed by atoms with Crippen molar-refractivity contribution >= 4 is 17.2 Å². The van der Waals surface area contributed by atoms with Crippen molar-refractivity contribution in [2.75, 3.05) is 27.2 Å². The summed E-state index contributed by atoms with van der Waals surface area (Å²) in [5.41, 5.74) is 2.55. The van der Waals surface area contributed by atoms with Crippen LogP contribution in [0.4, 0.5) is 0 Å². The van der Waals surface area contributed by atoms with Gasteiger partial charge in [0.05, 0.1) is 28.0 Å². The molecule has 2 aliphatic rings. The lowest BCUT2D eigenvalue weighted by atomic mass is 10.1. The number of carbonyl (C=O) groups is 1. The third kappa shape index (κ3) is 3.47. The van der Waals surface area contributed by atoms with Gasteiger partial charge in [-0.2, -0.15) is 5.10 Å². The van der Waals surface area contributed by atoms with E-state index in [1.54, 1.807) is 28.4 Å². The highest BCUT2D eigenvalue weighted by molar-refractivity contribution is 7.13. The van der Waals surface area contributed by atoms with Gasteiger partial charge in [0.15, 0.2) is 0 Å². The van der Waals surface area contributed by atoms with Gasteiger partial charge in [0.25, 0.3) is 11.9 Å². The number of likely N-dealkylation sites (N-methyl/N-ethyl adjacent to an activating group) is 1. The summed E-state index contributed by atoms with van der Waals surface area (Å²) >= 11 is 1.65. The lowest BCUT2D eigenvalue weighted by molar-refractivity contribution is 0.0782. The number of hydrogen-bond donors (Lipinski definition) is 0. The van der Waals surface area contributed by atoms with Crippen LogP contribution >= 0.6 is 11.3 Å². The molecule has 1 aliphatic carbocycles. The van der Waals surface area contributed by atoms with Gasteiger partial charge in [-0.25, -0.2) is 14.6 Å². The van der Waals surface area contributed by atoms with E-state index < -0.39 is 0 Å². The van der Waals surface area contributed by atoms with Crippen LogP contribution in [0.25, 0.3) is 16.5 Å². The molecule has 0 radical (unpaired) electrons. The topological polar surface area (TPSA) is 67.2 Å². The highest BCUT2D eigenvalue weighted by atomic mass is 32.1. The molecule has 3 aromatic heterocycles. The molecule has 1 atom stereocenters. The van der Waals surface area contributed by atoms with Gasteiger partial charge in [0.2, 0.25) is 0 Å². The standard InChI is InChI=1S/C21H24N6OS/c1-25(2)15-8-10-26(13-15)20(28)16-12-23-27(19(16)14-5-6-14)21-22-9-7-17(24-21)18-4-3-11-29-18/h3-4,7,9,11-12,14-15H,5-6,8,10,13H2,1-2H3. The van der Waals surface area contributed by atoms with E-state index in [2.05, 4.69) is 29.1 Å². The fourth-order valence-corrected chi connectivity index (χ4v) is 4.66. The van der Waals surface area contributed by atoms with Crippen molar-refractivity contribution < 1.29 is 4.79 Å². The molecule has 0 N–H and O–H groups in total. The molecule has 3 aromatic rings. The Morgan fingerprint density at radius 3 is 2.79 bits per heavy atom. The molecule has 7 nitrogen and oxygen atoms in total. The summed E-state index contributed by atoms with van der Waals surface area (Å²) in [4.78, 5) is 27.7. The fourth-order valence-electron chi connectivity index (χ4n) is 3.96. The number of aromatic nitrogens is 4. The monoisotopic (exact) mass is 408 g/mol. The molecule has 1 saturated heterocycles. The molecule has 0 spiro atoms. The van der Waals surface area contributed by atoms with Crippen LogP contribution in [0.1, 0.15) is 41.2 Å². The van der Waals surface area contributed by atoms with Crippen LogP contribution in [0, 0.1) is 0 Å². The summed E-state index contributed by atoms with van der Waals surface area (Å²) in [5, 5.41) is 6.59. The van der Waals surface area contributed by atoms with Crippen LogP contribution < -0.4 is 0 Å². The molecule has 5 rings (SSSR count). The molecule has 2 fully saturated rings. The van der Waals surface area contributed by atoms with E-state index >= 15 is 0 Å². The van der Waals surface area contributed by atoms with Crippen molar-refractivity contribution in [2.24, 2.45) is 0 Å². The zero-order valence-electron chi connectivity index (χ0n) is 16.7. The molecule has 29 heavy (non-hydrogen) atoms. The van der Waals surface area contributed by atoms with Crippen molar-refractivity contribution in [2.45, 2.75) is 31.2 Å². The predicted octanol–water partition coefficient (Wildman–Crippen LogP) is 3.04. The van der Waals surface area contributed by atoms with Gasteiger partial charge in [0.1, 0.15) is 0 Å². The number of thiophene rings is 1. The first-order chi connectivity index (χ1) is 14.1. The third-order valence-corrected chi connectivity index (χ3v) is 6.68. The molecule has 1 amide bonds. The average Bonchev–Trinajstić information content (AvgIpc) is 3.19. The van der Waals surface area contributed by atoms with E-state index in [-0.39, 0.29) is 5.91 Å². The summed E-state index contributed by atoms with van der Waals surface area (Å²) < 4.78 is 1.78. The maximum absolute atomic E-state index is 13.3. The van der Waals surface area contributed by atoms with Crippen molar-refractivity contribution in [3.63, 3.8) is 0 Å². The van der Waals surface area contributed by atoms with E-state index in [1.165, 1.54) is 0 Å². The zero-order chi connectivity index (χ0) is 20.0. The minimum atomic E-state index is 0.0805. The van der Waals surface area contributed by atoms with Crippen LogP contribution in [-0.2, 0) is 0 Å². The smallest absolute Gasteiger partial charge is 0.257 e. The minimum absolute atomic E-state index is 0.0805. The van der Waals surface area contributed by atoms with Crippen molar-refractivity contribution in [3.8, 4) is 16.5 Å². The van der Waals surface area contributed by atoms with E-state index in [1.807, 2.05) is 28.5 Å². The highest BCUT2D eigenvalue weighted by Gasteiger charge is 2.36. The lowest BCUT2D eigenvalue weighted by Gasteiger charge is -2.20. The Morgan fingerprint density at radius 2 is 2.10 bits per heavy atom. The van der Waals surface area contributed by atoms with Gasteiger partial charge in [0, 0.05) is 31.2 Å². The highest BCUT2D eigenvalue weighted by Crippen LogP contribution is 2.42. The summed E-state index contributed by atoms with van der Waals surface area (Å²) in [5.74, 6) is 0.971. The van der Waals surface area contributed by atoms with Crippen LogP contribution in [0.15, 0.2) is 36.0 Å². The maximum atomic E-state index is 13.3. The molecule has 0 aromatic carbocycles. The Kier molecular flexibility index (Phi) is 4.67. The molecule has 1 unspecified atom stereocenters. The Hall–Kier alpha value is -2.58. The third-order valence-electron chi connectivity index (χ3n) is 5.79. The molecule has 1 aliphatic heterocycles. The number of rotatable bonds is 5. The van der Waals surface area contributed by atoms with E-state index in [4.69, 9.17) is 4.98 Å². The molecular weight excluding hydrogens is 384 g/mol. The summed E-state index contributed by atoms with van der Waals surface area (Å²) in [6.45, 7) is 1.56. The normalized spacial score (nSPS) is 19.3. The van der Waals surface area contributed by atoms with Gasteiger partial charge >= 0.3 is 0 Å². The van der Waals surface area contributed by atoms with E-state index in [9.17, 15) is 4.79 Å². The second kappa shape index (κ2) is 7.35. The van der Waals surface area contributed by atoms with Gasteiger partial charge < -0.3 is 9.80 Å². The minimum Gasteiger partial charge on any atom is -0.337 e. The fraction of sp³-hybridized carbons (Fsp3) is 0.429. The molecule has 0 bridgehead atoms. The van der Waals surface area contributed by atoms with Crippen LogP contribution in [0.5, 0.6) is 0 Å². The summed E-state index contributed by atoms with van der Waals surface area (Å²) in [6, 6.07) is 6.39. The number of carbonyl (C=O) groups excluding carboxylic acids is 1. The van der Waals surface area contributed by atoms with Gasteiger partial charge in [-0.3, -0.25) is 4.79 Å². The second-order valence-corrected chi connectivity index (χ2v) is 8.95. The second-order valence-electron chi connectivity index (χ2n) is 8.01. The Morgan fingerprint density at radius 1 is 1.24 bits per heavy atom. The lowest BCUT2D eigenvalue weighted by Crippen LogP contribution is -2.34. The molecular formula is C21H24N6OS. The molecule has 8 heteroatoms. The number of hydrogen-bond acceptors (Lipinski definition) is 6. The number of amides is 1. The van der Waals surface area contributed by atoms with Gasteiger partial charge in [-0.15, -0.1) is 11.3 Å². The first-order valence-electron chi connectivity index (χ1n) is 10.0. The maximum Gasteiger partial charge on any atom is 0.257 e. The van der Waals surface area contributed by atoms with Crippen LogP contribution in [0.3, 0.4) is 0 Å². The van der Waals surface area contributed by atoms with Crippen molar-refractivity contribution in [1.29, 1.82) is 0 Å². The molecule has 1 saturated carbocycles. The van der Waals surface area contributed by atoms with Gasteiger partial charge in [-0.1, -0.05) is 6.07 Å². The first kappa shape index (κ1) is 18.4. The van der Waals surface area contributed by atoms with E-state index in [0.717, 1.165) is 48.6 Å². The molecule has 150 valence electrons.